The topological polar surface area (TPSA) is 47.9 Å². The van der Waals surface area contributed by atoms with E-state index >= 15 is 0 Å². The molecule has 0 fully saturated rings. The molecule has 0 unspecified atom stereocenters. The molecule has 0 amide bonds. The van der Waals surface area contributed by atoms with Gasteiger partial charge in [0, 0.05) is 23.5 Å². The van der Waals surface area contributed by atoms with E-state index in [4.69, 9.17) is 9.72 Å². The molecule has 5 aromatic rings. The Bertz CT molecular complexity index is 1480. The van der Waals surface area contributed by atoms with E-state index in [0.29, 0.717) is 0 Å². The predicted octanol–water partition coefficient (Wildman–Crippen LogP) is 8.23. The number of benzene rings is 2. The van der Waals surface area contributed by atoms with Gasteiger partial charge in [-0.2, -0.15) is 0 Å². The number of nitrogens with zero attached hydrogens (tertiary/aromatic N) is 3. The lowest BCUT2D eigenvalue weighted by Gasteiger charge is -2.09. The van der Waals surface area contributed by atoms with Crippen LogP contribution >= 0.6 is 0 Å². The van der Waals surface area contributed by atoms with Gasteiger partial charge in [-0.25, -0.2) is 4.98 Å². The van der Waals surface area contributed by atoms with Crippen LogP contribution < -0.4 is 4.74 Å². The molecule has 0 saturated carbocycles. The molecule has 4 heteroatoms. The molecule has 0 N–H and O–H groups in total. The highest BCUT2D eigenvalue weighted by atomic mass is 16.5. The Morgan fingerprint density at radius 3 is 1.72 bits per heavy atom. The molecule has 3 aromatic heterocycles. The molecule has 5 rings (SSSR count). The summed E-state index contributed by atoms with van der Waals surface area (Å²) < 4.78 is 5.84. The zero-order valence-corrected chi connectivity index (χ0v) is 22.2. The molecule has 0 radical (unpaired) electrons. The van der Waals surface area contributed by atoms with Crippen molar-refractivity contribution in [3.63, 3.8) is 0 Å². The summed E-state index contributed by atoms with van der Waals surface area (Å²) in [7, 11) is 0. The van der Waals surface area contributed by atoms with Crippen LogP contribution in [0.15, 0.2) is 109 Å². The summed E-state index contributed by atoms with van der Waals surface area (Å²) in [6.45, 7) is 2.98. The van der Waals surface area contributed by atoms with Gasteiger partial charge in [-0.3, -0.25) is 9.97 Å². The molecule has 0 bridgehead atoms. The highest BCUT2D eigenvalue weighted by Crippen LogP contribution is 2.29. The first-order valence-corrected chi connectivity index (χ1v) is 13.5. The van der Waals surface area contributed by atoms with Crippen molar-refractivity contribution in [2.45, 2.75) is 32.6 Å². The smallest absolute Gasteiger partial charge is 0.119 e. The number of hydrogen-bond acceptors (Lipinski definition) is 4. The van der Waals surface area contributed by atoms with Crippen molar-refractivity contribution < 1.29 is 4.74 Å². The SMILES string of the molecule is CCCCCCOc1ccc(C#Cc2ccc(-c3cc(-c4ccccn4)nc(-c4ccccn4)c3)cc2)cc1. The normalized spacial score (nSPS) is 10.5. The minimum Gasteiger partial charge on any atom is -0.494 e. The fraction of sp³-hybridized carbons (Fsp3) is 0.171. The molecule has 0 spiro atoms. The van der Waals surface area contributed by atoms with Gasteiger partial charge in [0.2, 0.25) is 0 Å². The third kappa shape index (κ3) is 7.18. The lowest BCUT2D eigenvalue weighted by molar-refractivity contribution is 0.305. The minimum absolute atomic E-state index is 0.765. The van der Waals surface area contributed by atoms with Crippen molar-refractivity contribution in [2.75, 3.05) is 6.61 Å². The number of unbranched alkanes of at least 4 members (excludes halogenated alkanes) is 3. The summed E-state index contributed by atoms with van der Waals surface area (Å²) in [5.74, 6) is 7.43. The quantitative estimate of drug-likeness (QED) is 0.148. The van der Waals surface area contributed by atoms with Crippen molar-refractivity contribution >= 4 is 0 Å². The fourth-order valence-corrected chi connectivity index (χ4v) is 4.23. The van der Waals surface area contributed by atoms with E-state index < -0.39 is 0 Å². The molecule has 192 valence electrons. The molecular formula is C35H31N3O. The summed E-state index contributed by atoms with van der Waals surface area (Å²) >= 11 is 0. The molecule has 0 aliphatic carbocycles. The second-order valence-corrected chi connectivity index (χ2v) is 9.32. The van der Waals surface area contributed by atoms with E-state index in [9.17, 15) is 0 Å². The summed E-state index contributed by atoms with van der Waals surface area (Å²) in [5.41, 5.74) is 7.33. The van der Waals surface area contributed by atoms with Crippen molar-refractivity contribution in [1.82, 2.24) is 15.0 Å². The maximum atomic E-state index is 5.84. The van der Waals surface area contributed by atoms with Crippen molar-refractivity contribution in [3.8, 4) is 51.5 Å². The number of aromatic nitrogens is 3. The summed E-state index contributed by atoms with van der Waals surface area (Å²) in [6, 6.07) is 32.2. The summed E-state index contributed by atoms with van der Waals surface area (Å²) in [6.07, 6.45) is 8.38. The number of pyridine rings is 3. The molecule has 0 saturated heterocycles. The van der Waals surface area contributed by atoms with Gasteiger partial charge in [0.25, 0.3) is 0 Å². The predicted molar refractivity (Wildman–Crippen MR) is 158 cm³/mol. The second-order valence-electron chi connectivity index (χ2n) is 9.32. The molecule has 0 aliphatic rings. The van der Waals surface area contributed by atoms with E-state index in [-0.39, 0.29) is 0 Å². The monoisotopic (exact) mass is 509 g/mol. The van der Waals surface area contributed by atoms with Crippen LogP contribution in [0.2, 0.25) is 0 Å². The fourth-order valence-electron chi connectivity index (χ4n) is 4.23. The standard InChI is InChI=1S/C35H31N3O/c1-2-3-4-9-24-39-31-20-16-28(17-21-31)13-12-27-14-18-29(19-15-27)30-25-34(32-10-5-7-22-36-32)38-35(26-30)33-11-6-8-23-37-33/h5-8,10-11,14-23,25-26H,2-4,9,24H2,1H3. The van der Waals surface area contributed by atoms with Crippen LogP contribution in [0, 0.1) is 11.8 Å². The van der Waals surface area contributed by atoms with E-state index in [1.54, 1.807) is 12.4 Å². The Morgan fingerprint density at radius 2 is 1.18 bits per heavy atom. The number of rotatable bonds is 9. The lowest BCUT2D eigenvalue weighted by atomic mass is 10.0. The summed E-state index contributed by atoms with van der Waals surface area (Å²) in [4.78, 5) is 13.9. The second kappa shape index (κ2) is 13.2. The molecule has 3 heterocycles. The van der Waals surface area contributed by atoms with Crippen LogP contribution in [0.3, 0.4) is 0 Å². The Balaban J connectivity index is 1.33. The first-order valence-electron chi connectivity index (χ1n) is 13.5. The van der Waals surface area contributed by atoms with Gasteiger partial charge in [-0.15, -0.1) is 0 Å². The van der Waals surface area contributed by atoms with Gasteiger partial charge in [0.05, 0.1) is 29.4 Å². The van der Waals surface area contributed by atoms with Crippen LogP contribution in [-0.2, 0) is 0 Å². The molecule has 0 aliphatic heterocycles. The number of hydrogen-bond donors (Lipinski definition) is 0. The van der Waals surface area contributed by atoms with Crippen molar-refractivity contribution in [2.24, 2.45) is 0 Å². The van der Waals surface area contributed by atoms with Gasteiger partial charge in [0.1, 0.15) is 5.75 Å². The van der Waals surface area contributed by atoms with Crippen LogP contribution in [0.25, 0.3) is 33.9 Å². The maximum absolute atomic E-state index is 5.84. The van der Waals surface area contributed by atoms with Crippen LogP contribution in [0.5, 0.6) is 5.75 Å². The number of ether oxygens (including phenoxy) is 1. The molecule has 4 nitrogen and oxygen atoms in total. The maximum Gasteiger partial charge on any atom is 0.119 e. The molecule has 0 atom stereocenters. The van der Waals surface area contributed by atoms with Gasteiger partial charge in [0.15, 0.2) is 0 Å². The van der Waals surface area contributed by atoms with Crippen LogP contribution in [0.1, 0.15) is 43.7 Å². The van der Waals surface area contributed by atoms with E-state index in [0.717, 1.165) is 63.8 Å². The highest BCUT2D eigenvalue weighted by molar-refractivity contribution is 5.75. The Kier molecular flexibility index (Phi) is 8.74. The third-order valence-corrected chi connectivity index (χ3v) is 6.37. The first-order chi connectivity index (χ1) is 19.3. The minimum atomic E-state index is 0.765. The van der Waals surface area contributed by atoms with Gasteiger partial charge < -0.3 is 4.74 Å². The molecule has 2 aromatic carbocycles. The average Bonchev–Trinajstić information content (AvgIpc) is 3.01. The van der Waals surface area contributed by atoms with E-state index in [1.165, 1.54) is 19.3 Å². The van der Waals surface area contributed by atoms with Crippen LogP contribution in [-0.4, -0.2) is 21.6 Å². The summed E-state index contributed by atoms with van der Waals surface area (Å²) in [5, 5.41) is 0. The Morgan fingerprint density at radius 1 is 0.590 bits per heavy atom. The molecule has 39 heavy (non-hydrogen) atoms. The largest absolute Gasteiger partial charge is 0.494 e. The van der Waals surface area contributed by atoms with Crippen molar-refractivity contribution in [1.29, 1.82) is 0 Å². The zero-order chi connectivity index (χ0) is 26.7. The first kappa shape index (κ1) is 25.9. The average molecular weight is 510 g/mol. The Hall–Kier alpha value is -4.75. The lowest BCUT2D eigenvalue weighted by Crippen LogP contribution is -1.96. The van der Waals surface area contributed by atoms with E-state index in [1.807, 2.05) is 60.7 Å². The van der Waals surface area contributed by atoms with Gasteiger partial charge in [-0.1, -0.05) is 62.3 Å². The van der Waals surface area contributed by atoms with Gasteiger partial charge >= 0.3 is 0 Å². The molecular weight excluding hydrogens is 478 g/mol. The highest BCUT2D eigenvalue weighted by Gasteiger charge is 2.10. The van der Waals surface area contributed by atoms with Crippen LogP contribution in [0.4, 0.5) is 0 Å². The van der Waals surface area contributed by atoms with Gasteiger partial charge in [-0.05, 0) is 90.3 Å². The Labute approximate surface area is 230 Å². The van der Waals surface area contributed by atoms with Crippen molar-refractivity contribution in [3.05, 3.63) is 121 Å². The van der Waals surface area contributed by atoms with E-state index in [2.05, 4.69) is 65.1 Å². The zero-order valence-electron chi connectivity index (χ0n) is 22.2. The third-order valence-electron chi connectivity index (χ3n) is 6.37.